The highest BCUT2D eigenvalue weighted by Gasteiger charge is 2.22. The maximum absolute atomic E-state index is 12.3. The van der Waals surface area contributed by atoms with Gasteiger partial charge in [0, 0.05) is 21.1 Å². The van der Waals surface area contributed by atoms with Gasteiger partial charge in [-0.3, -0.25) is 14.3 Å². The second-order valence-corrected chi connectivity index (χ2v) is 6.29. The van der Waals surface area contributed by atoms with Gasteiger partial charge in [-0.2, -0.15) is 5.10 Å². The second-order valence-electron chi connectivity index (χ2n) is 6.29. The Labute approximate surface area is 147 Å². The van der Waals surface area contributed by atoms with Crippen LogP contribution in [0.4, 0.5) is 5.69 Å². The molecule has 0 saturated carbocycles. The number of aromatic nitrogens is 2. The molecule has 1 aromatic heterocycles. The summed E-state index contributed by atoms with van der Waals surface area (Å²) in [4.78, 5) is 25.9. The molecule has 1 aromatic carbocycles. The van der Waals surface area contributed by atoms with Gasteiger partial charge in [-0.1, -0.05) is 6.07 Å². The zero-order valence-corrected chi connectivity index (χ0v) is 15.5. The molecular weight excluding hydrogens is 320 g/mol. The fourth-order valence-corrected chi connectivity index (χ4v) is 2.46. The van der Waals surface area contributed by atoms with Crippen molar-refractivity contribution in [3.63, 3.8) is 0 Å². The Bertz CT molecular complexity index is 789. The third kappa shape index (κ3) is 4.37. The van der Waals surface area contributed by atoms with Gasteiger partial charge in [0.2, 0.25) is 0 Å². The number of benzene rings is 1. The maximum Gasteiger partial charge on any atom is 0.276 e. The molecule has 0 aliphatic heterocycles. The molecule has 7 nitrogen and oxygen atoms in total. The average molecular weight is 344 g/mol. The number of aryl methyl sites for hydroxylation is 3. The molecule has 0 aliphatic carbocycles. The zero-order valence-electron chi connectivity index (χ0n) is 15.5. The van der Waals surface area contributed by atoms with E-state index < -0.39 is 0 Å². The lowest BCUT2D eigenvalue weighted by Crippen LogP contribution is -2.26. The van der Waals surface area contributed by atoms with Crippen LogP contribution in [0.2, 0.25) is 0 Å². The summed E-state index contributed by atoms with van der Waals surface area (Å²) in [6.07, 6.45) is 0. The van der Waals surface area contributed by atoms with Crippen molar-refractivity contribution in [1.82, 2.24) is 14.7 Å². The van der Waals surface area contributed by atoms with Crippen LogP contribution >= 0.6 is 0 Å². The molecule has 1 heterocycles. The Morgan fingerprint density at radius 3 is 2.32 bits per heavy atom. The molecule has 25 heavy (non-hydrogen) atoms. The summed E-state index contributed by atoms with van der Waals surface area (Å²) in [7, 11) is 5.01. The summed E-state index contributed by atoms with van der Waals surface area (Å²) in [5.74, 6) is 0.0254. The van der Waals surface area contributed by atoms with Crippen LogP contribution in [0.1, 0.15) is 27.3 Å². The largest absolute Gasteiger partial charge is 0.484 e. The summed E-state index contributed by atoms with van der Waals surface area (Å²) in [6.45, 7) is 5.59. The van der Waals surface area contributed by atoms with E-state index in [1.807, 2.05) is 32.0 Å². The number of anilines is 1. The number of hydrogen-bond acceptors (Lipinski definition) is 4. The number of hydrogen-bond donors (Lipinski definition) is 1. The van der Waals surface area contributed by atoms with E-state index in [0.717, 1.165) is 11.1 Å². The standard InChI is InChI=1S/C18H24N4O3/c1-11-7-12(2)9-14(8-11)25-10-15(23)19-16-13(3)22(6)20-17(16)18(24)21(4)5/h7-9H,10H2,1-6H3,(H,19,23). The molecule has 0 bridgehead atoms. The Morgan fingerprint density at radius 2 is 1.76 bits per heavy atom. The van der Waals surface area contributed by atoms with Crippen molar-refractivity contribution in [2.75, 3.05) is 26.0 Å². The zero-order chi connectivity index (χ0) is 18.7. The van der Waals surface area contributed by atoms with Gasteiger partial charge in [0.1, 0.15) is 5.75 Å². The second kappa shape index (κ2) is 7.38. The predicted molar refractivity (Wildman–Crippen MR) is 96.0 cm³/mol. The molecule has 0 unspecified atom stereocenters. The van der Waals surface area contributed by atoms with Crippen LogP contribution in [0.3, 0.4) is 0 Å². The van der Waals surface area contributed by atoms with Gasteiger partial charge in [0.15, 0.2) is 12.3 Å². The Balaban J connectivity index is 2.11. The molecule has 134 valence electrons. The van der Waals surface area contributed by atoms with Crippen LogP contribution < -0.4 is 10.1 Å². The summed E-state index contributed by atoms with van der Waals surface area (Å²) < 4.78 is 7.13. The van der Waals surface area contributed by atoms with Crippen LogP contribution in [0.15, 0.2) is 18.2 Å². The maximum atomic E-state index is 12.3. The first-order valence-corrected chi connectivity index (χ1v) is 7.95. The first-order valence-electron chi connectivity index (χ1n) is 7.95. The van der Waals surface area contributed by atoms with E-state index in [1.54, 1.807) is 32.7 Å². The molecule has 0 fully saturated rings. The lowest BCUT2D eigenvalue weighted by molar-refractivity contribution is -0.118. The number of amides is 2. The van der Waals surface area contributed by atoms with E-state index in [0.29, 0.717) is 17.1 Å². The Morgan fingerprint density at radius 1 is 1.16 bits per heavy atom. The van der Waals surface area contributed by atoms with Crippen molar-refractivity contribution in [1.29, 1.82) is 0 Å². The van der Waals surface area contributed by atoms with Crippen LogP contribution in [-0.4, -0.2) is 47.2 Å². The van der Waals surface area contributed by atoms with Gasteiger partial charge in [-0.15, -0.1) is 0 Å². The summed E-state index contributed by atoms with van der Waals surface area (Å²) >= 11 is 0. The minimum absolute atomic E-state index is 0.146. The molecule has 0 saturated heterocycles. The van der Waals surface area contributed by atoms with Gasteiger partial charge >= 0.3 is 0 Å². The van der Waals surface area contributed by atoms with Crippen molar-refractivity contribution < 1.29 is 14.3 Å². The lowest BCUT2D eigenvalue weighted by atomic mass is 10.1. The average Bonchev–Trinajstić information content (AvgIpc) is 2.79. The van der Waals surface area contributed by atoms with Crippen molar-refractivity contribution >= 4 is 17.5 Å². The van der Waals surface area contributed by atoms with E-state index in [2.05, 4.69) is 10.4 Å². The molecule has 0 radical (unpaired) electrons. The molecule has 0 aliphatic rings. The van der Waals surface area contributed by atoms with Crippen LogP contribution in [0.25, 0.3) is 0 Å². The van der Waals surface area contributed by atoms with Crippen molar-refractivity contribution in [2.24, 2.45) is 7.05 Å². The summed E-state index contributed by atoms with van der Waals surface area (Å²) in [5, 5.41) is 6.94. The third-order valence-electron chi connectivity index (χ3n) is 3.77. The van der Waals surface area contributed by atoms with Crippen molar-refractivity contribution in [3.8, 4) is 5.75 Å². The van der Waals surface area contributed by atoms with Gasteiger partial charge in [0.25, 0.3) is 11.8 Å². The predicted octanol–water partition coefficient (Wildman–Crippen LogP) is 2.06. The van der Waals surface area contributed by atoms with E-state index in [1.165, 1.54) is 4.90 Å². The lowest BCUT2D eigenvalue weighted by Gasteiger charge is -2.12. The molecule has 0 spiro atoms. The highest BCUT2D eigenvalue weighted by molar-refractivity contribution is 6.03. The normalized spacial score (nSPS) is 10.5. The Hall–Kier alpha value is -2.83. The molecule has 1 N–H and O–H groups in total. The smallest absolute Gasteiger partial charge is 0.276 e. The first kappa shape index (κ1) is 18.5. The van der Waals surface area contributed by atoms with Gasteiger partial charge in [-0.05, 0) is 44.0 Å². The molecule has 2 rings (SSSR count). The fourth-order valence-electron chi connectivity index (χ4n) is 2.46. The molecule has 2 amide bonds. The summed E-state index contributed by atoms with van der Waals surface area (Å²) in [5.41, 5.74) is 3.46. The van der Waals surface area contributed by atoms with Crippen LogP contribution in [0.5, 0.6) is 5.75 Å². The monoisotopic (exact) mass is 344 g/mol. The SMILES string of the molecule is Cc1cc(C)cc(OCC(=O)Nc2c(C(=O)N(C)C)nn(C)c2C)c1. The molecule has 2 aromatic rings. The molecule has 7 heteroatoms. The number of nitrogens with zero attached hydrogens (tertiary/aromatic N) is 3. The number of ether oxygens (including phenoxy) is 1. The van der Waals surface area contributed by atoms with Gasteiger partial charge in [0.05, 0.1) is 11.4 Å². The number of carbonyl (C=O) groups is 2. The number of carbonyl (C=O) groups excluding carboxylic acids is 2. The molecule has 0 atom stereocenters. The quantitative estimate of drug-likeness (QED) is 0.901. The highest BCUT2D eigenvalue weighted by atomic mass is 16.5. The highest BCUT2D eigenvalue weighted by Crippen LogP contribution is 2.21. The molecular formula is C18H24N4O3. The van der Waals surface area contributed by atoms with Crippen molar-refractivity contribution in [2.45, 2.75) is 20.8 Å². The third-order valence-corrected chi connectivity index (χ3v) is 3.77. The minimum Gasteiger partial charge on any atom is -0.484 e. The summed E-state index contributed by atoms with van der Waals surface area (Å²) in [6, 6.07) is 5.78. The van der Waals surface area contributed by atoms with E-state index >= 15 is 0 Å². The van der Waals surface area contributed by atoms with Gasteiger partial charge < -0.3 is 15.0 Å². The minimum atomic E-state index is -0.344. The van der Waals surface area contributed by atoms with E-state index in [9.17, 15) is 9.59 Å². The van der Waals surface area contributed by atoms with E-state index in [4.69, 9.17) is 4.74 Å². The van der Waals surface area contributed by atoms with E-state index in [-0.39, 0.29) is 24.1 Å². The van der Waals surface area contributed by atoms with Crippen LogP contribution in [0, 0.1) is 20.8 Å². The van der Waals surface area contributed by atoms with Gasteiger partial charge in [-0.25, -0.2) is 0 Å². The topological polar surface area (TPSA) is 76.5 Å². The van der Waals surface area contributed by atoms with Crippen LogP contribution in [-0.2, 0) is 11.8 Å². The Kier molecular flexibility index (Phi) is 5.46. The fraction of sp³-hybridized carbons (Fsp3) is 0.389. The first-order chi connectivity index (χ1) is 11.7. The van der Waals surface area contributed by atoms with Crippen molar-refractivity contribution in [3.05, 3.63) is 40.7 Å². The number of nitrogens with one attached hydrogen (secondary N) is 1. The number of rotatable bonds is 5.